The van der Waals surface area contributed by atoms with Crippen LogP contribution in [0.15, 0.2) is 27.7 Å². The zero-order valence-electron chi connectivity index (χ0n) is 17.7. The van der Waals surface area contributed by atoms with E-state index in [-0.39, 0.29) is 18.0 Å². The number of ether oxygens (including phenoxy) is 1. The highest BCUT2D eigenvalue weighted by Crippen LogP contribution is 2.47. The van der Waals surface area contributed by atoms with Crippen LogP contribution in [-0.2, 0) is 32.1 Å². The van der Waals surface area contributed by atoms with Crippen molar-refractivity contribution in [3.8, 4) is 0 Å². The van der Waals surface area contributed by atoms with Gasteiger partial charge in [0.05, 0.1) is 6.42 Å². The van der Waals surface area contributed by atoms with E-state index in [2.05, 4.69) is 15.5 Å². The number of β-lactam (4-membered cyclic amide) rings is 1. The molecule has 0 aliphatic carbocycles. The fourth-order valence-corrected chi connectivity index (χ4v) is 7.87. The van der Waals surface area contributed by atoms with Crippen LogP contribution in [0.25, 0.3) is 0 Å². The van der Waals surface area contributed by atoms with E-state index in [0.717, 1.165) is 19.1 Å². The van der Waals surface area contributed by atoms with Crippen LogP contribution in [0.4, 0.5) is 0 Å². The zero-order chi connectivity index (χ0) is 23.8. The number of hydrogen-bond acceptors (Lipinski definition) is 11. The van der Waals surface area contributed by atoms with E-state index in [1.54, 1.807) is 0 Å². The lowest BCUT2D eigenvalue weighted by Gasteiger charge is -2.55. The minimum Gasteiger partial charge on any atom is -0.477 e. The molecule has 176 valence electrons. The maximum atomic E-state index is 13.2. The summed E-state index contributed by atoms with van der Waals surface area (Å²) in [5, 5.41) is 20.7. The number of nitrogens with one attached hydrogen (secondary N) is 1. The zero-order valence-corrected chi connectivity index (χ0v) is 21.0. The van der Waals surface area contributed by atoms with E-state index >= 15 is 0 Å². The fraction of sp³-hybridized carbons (Fsp3) is 0.421. The third-order valence-electron chi connectivity index (χ3n) is 5.09. The quantitative estimate of drug-likeness (QED) is 0.248. The average molecular weight is 528 g/mol. The van der Waals surface area contributed by atoms with Gasteiger partial charge in [0.2, 0.25) is 5.91 Å². The number of aryl methyl sites for hydroxylation is 1. The van der Waals surface area contributed by atoms with Crippen LogP contribution in [0.2, 0.25) is 0 Å². The van der Waals surface area contributed by atoms with Crippen molar-refractivity contribution < 1.29 is 24.2 Å². The summed E-state index contributed by atoms with van der Waals surface area (Å²) in [6.07, 6.45) is 0.0746. The number of aromatic nitrogens is 2. The second-order valence-corrected chi connectivity index (χ2v) is 11.9. The highest BCUT2D eigenvalue weighted by atomic mass is 32.2. The van der Waals surface area contributed by atoms with E-state index < -0.39 is 23.0 Å². The average Bonchev–Trinajstić information content (AvgIpc) is 3.43. The molecule has 0 bridgehead atoms. The van der Waals surface area contributed by atoms with Crippen LogP contribution in [0.1, 0.15) is 14.8 Å². The van der Waals surface area contributed by atoms with Gasteiger partial charge in [-0.25, -0.2) is 4.79 Å². The Bertz CT molecular complexity index is 1130. The number of fused-ring (bicyclic) bond motifs is 1. The number of nitrogens with zero attached hydrogens (tertiary/aromatic N) is 3. The molecule has 33 heavy (non-hydrogen) atoms. The van der Waals surface area contributed by atoms with Crippen molar-refractivity contribution >= 4 is 64.0 Å². The normalized spacial score (nSPS) is 22.2. The lowest BCUT2D eigenvalue weighted by atomic mass is 9.98. The summed E-state index contributed by atoms with van der Waals surface area (Å²) in [4.78, 5) is 40.9. The van der Waals surface area contributed by atoms with Crippen molar-refractivity contribution in [1.29, 1.82) is 0 Å². The van der Waals surface area contributed by atoms with Gasteiger partial charge >= 0.3 is 5.97 Å². The Hall–Kier alpha value is -1.97. The summed E-state index contributed by atoms with van der Waals surface area (Å²) in [6.45, 7) is 2.24. The second kappa shape index (κ2) is 9.72. The van der Waals surface area contributed by atoms with E-state index in [1.165, 1.54) is 58.2 Å². The molecular formula is C19H21N5O5S4. The lowest BCUT2D eigenvalue weighted by Crippen LogP contribution is -2.80. The Morgan fingerprint density at radius 2 is 2.12 bits per heavy atom. The van der Waals surface area contributed by atoms with Gasteiger partial charge in [-0.3, -0.25) is 14.5 Å². The molecule has 2 aromatic heterocycles. The van der Waals surface area contributed by atoms with Crippen LogP contribution >= 0.6 is 46.2 Å². The number of carboxylic acid groups (broad SMARTS) is 1. The molecule has 2 aromatic rings. The van der Waals surface area contributed by atoms with E-state index in [1.807, 2.05) is 19.1 Å². The van der Waals surface area contributed by atoms with Gasteiger partial charge in [0.1, 0.15) is 16.1 Å². The summed E-state index contributed by atoms with van der Waals surface area (Å²) in [7, 11) is 1.33. The molecule has 2 amide bonds. The highest BCUT2D eigenvalue weighted by Gasteiger charge is 2.66. The van der Waals surface area contributed by atoms with Crippen LogP contribution in [-0.4, -0.2) is 67.7 Å². The smallest absolute Gasteiger partial charge is 0.352 e. The van der Waals surface area contributed by atoms with E-state index in [9.17, 15) is 19.5 Å². The first kappa shape index (κ1) is 24.2. The van der Waals surface area contributed by atoms with Gasteiger partial charge in [-0.05, 0) is 24.6 Å². The number of rotatable bonds is 9. The van der Waals surface area contributed by atoms with Crippen molar-refractivity contribution in [3.63, 3.8) is 0 Å². The monoisotopic (exact) mass is 527 g/mol. The number of carbonyl (C=O) groups is 3. The third kappa shape index (κ3) is 4.55. The predicted molar refractivity (Wildman–Crippen MR) is 127 cm³/mol. The first-order valence-electron chi connectivity index (χ1n) is 9.76. The molecule has 0 radical (unpaired) electrons. The molecule has 1 fully saturated rings. The molecule has 0 unspecified atom stereocenters. The number of carbonyl (C=O) groups excluding carboxylic acids is 2. The van der Waals surface area contributed by atoms with Gasteiger partial charge in [0.25, 0.3) is 11.6 Å². The maximum Gasteiger partial charge on any atom is 0.352 e. The Morgan fingerprint density at radius 1 is 1.36 bits per heavy atom. The predicted octanol–water partition coefficient (Wildman–Crippen LogP) is 1.41. The van der Waals surface area contributed by atoms with Crippen molar-refractivity contribution in [2.45, 2.75) is 35.3 Å². The van der Waals surface area contributed by atoms with Gasteiger partial charge in [0, 0.05) is 34.9 Å². The second-order valence-electron chi connectivity index (χ2n) is 7.21. The minimum absolute atomic E-state index is 0.0646. The number of methoxy groups -OCH3 is 1. The van der Waals surface area contributed by atoms with Crippen molar-refractivity contribution in [3.05, 3.63) is 38.2 Å². The van der Waals surface area contributed by atoms with Crippen molar-refractivity contribution in [1.82, 2.24) is 20.4 Å². The maximum absolute atomic E-state index is 13.2. The van der Waals surface area contributed by atoms with Gasteiger partial charge in [-0.15, -0.1) is 33.3 Å². The summed E-state index contributed by atoms with van der Waals surface area (Å²) >= 11 is 5.60. The molecule has 1 saturated heterocycles. The minimum atomic E-state index is -1.61. The van der Waals surface area contributed by atoms with Gasteiger partial charge in [0.15, 0.2) is 4.34 Å². The number of hydrogen-bond donors (Lipinski definition) is 3. The lowest BCUT2D eigenvalue weighted by molar-refractivity contribution is -0.192. The Balaban J connectivity index is 1.50. The Morgan fingerprint density at radius 3 is 2.73 bits per heavy atom. The first-order chi connectivity index (χ1) is 15.8. The summed E-state index contributed by atoms with van der Waals surface area (Å²) < 4.78 is 6.22. The largest absolute Gasteiger partial charge is 0.477 e. The Labute approximate surface area is 206 Å². The summed E-state index contributed by atoms with van der Waals surface area (Å²) in [5.41, 5.74) is 4.56. The number of nitrogens with two attached hydrogens (primary N) is 1. The fourth-order valence-electron chi connectivity index (χ4n) is 3.58. The van der Waals surface area contributed by atoms with E-state index in [4.69, 9.17) is 10.5 Å². The summed E-state index contributed by atoms with van der Waals surface area (Å²) in [6, 6.07) is 3.68. The van der Waals surface area contributed by atoms with Crippen molar-refractivity contribution in [2.75, 3.05) is 18.6 Å². The molecule has 0 aromatic carbocycles. The van der Waals surface area contributed by atoms with Gasteiger partial charge < -0.3 is 20.9 Å². The number of carboxylic acids is 1. The SMILES string of the molecule is CO[C@@]1(NC(=O)Cc2ccc(CN)s2)C(=O)N2C(C(=O)O)=C(CSc3nnc(C)s3)CS[C@H]21. The molecule has 2 aliphatic rings. The molecule has 4 rings (SSSR count). The molecule has 0 saturated carbocycles. The van der Waals surface area contributed by atoms with E-state index in [0.29, 0.717) is 23.6 Å². The number of aliphatic carboxylic acids is 1. The number of thioether (sulfide) groups is 2. The number of amides is 2. The van der Waals surface area contributed by atoms with Gasteiger partial charge in [-0.2, -0.15) is 0 Å². The first-order valence-corrected chi connectivity index (χ1v) is 13.4. The molecule has 10 nitrogen and oxygen atoms in total. The molecule has 4 heterocycles. The molecule has 14 heteroatoms. The molecule has 2 aliphatic heterocycles. The molecule has 4 N–H and O–H groups in total. The number of thiophene rings is 1. The molecule has 0 spiro atoms. The Kier molecular flexibility index (Phi) is 7.12. The van der Waals surface area contributed by atoms with Crippen molar-refractivity contribution in [2.24, 2.45) is 5.73 Å². The van der Waals surface area contributed by atoms with Crippen LogP contribution in [0.3, 0.4) is 0 Å². The molecular weight excluding hydrogens is 507 g/mol. The molecule has 2 atom stereocenters. The summed E-state index contributed by atoms with van der Waals surface area (Å²) in [5.74, 6) is -1.43. The van der Waals surface area contributed by atoms with Crippen LogP contribution < -0.4 is 11.1 Å². The topological polar surface area (TPSA) is 148 Å². The van der Waals surface area contributed by atoms with Crippen LogP contribution in [0, 0.1) is 6.92 Å². The van der Waals surface area contributed by atoms with Gasteiger partial charge in [-0.1, -0.05) is 23.1 Å². The standard InChI is InChI=1S/C19H21N5O5S4/c1-9-22-23-18(32-9)31-8-10-7-30-17-19(29-2,16(28)24(17)14(10)15(26)27)21-13(25)5-11-3-4-12(6-20)33-11/h3-4,17H,5-8,20H2,1-2H3,(H,21,25)(H,26,27)/t17-,19-/m0/s1. The third-order valence-corrected chi connectivity index (χ3v) is 9.63. The van der Waals surface area contributed by atoms with Crippen LogP contribution in [0.5, 0.6) is 0 Å². The highest BCUT2D eigenvalue weighted by molar-refractivity contribution is 8.01.